The van der Waals surface area contributed by atoms with Crippen LogP contribution in [-0.2, 0) is 14.8 Å². The van der Waals surface area contributed by atoms with Crippen LogP contribution in [0.1, 0.15) is 46.0 Å². The van der Waals surface area contributed by atoms with Crippen LogP contribution in [-0.4, -0.2) is 58.8 Å². The van der Waals surface area contributed by atoms with Crippen LogP contribution in [0.4, 0.5) is 0 Å². The van der Waals surface area contributed by atoms with Crippen molar-refractivity contribution >= 4 is 40.0 Å². The molecule has 1 aromatic rings. The number of aromatic nitrogens is 1. The summed E-state index contributed by atoms with van der Waals surface area (Å²) >= 11 is 0. The van der Waals surface area contributed by atoms with Crippen LogP contribution in [0.25, 0.3) is 0 Å². The Morgan fingerprint density at radius 3 is 2.63 bits per heavy atom. The molecule has 1 aliphatic rings. The van der Waals surface area contributed by atoms with Crippen LogP contribution in [0, 0.1) is 5.41 Å². The highest BCUT2D eigenvalue weighted by atomic mass is 127. The van der Waals surface area contributed by atoms with E-state index < -0.39 is 10.0 Å². The van der Waals surface area contributed by atoms with Crippen molar-refractivity contribution in [2.24, 2.45) is 10.4 Å². The van der Waals surface area contributed by atoms with Crippen LogP contribution in [0.2, 0.25) is 0 Å². The quantitative estimate of drug-likeness (QED) is 0.159. The fourth-order valence-corrected chi connectivity index (χ4v) is 4.58. The lowest BCUT2D eigenvalue weighted by atomic mass is 9.83. The van der Waals surface area contributed by atoms with Crippen molar-refractivity contribution in [1.29, 1.82) is 0 Å². The molecule has 0 unspecified atom stereocenters. The fourth-order valence-electron chi connectivity index (χ4n) is 3.59. The fraction of sp³-hybridized carbons (Fsp3) is 0.700. The molecule has 172 valence electrons. The molecule has 8 nitrogen and oxygen atoms in total. The third-order valence-corrected chi connectivity index (χ3v) is 6.66. The zero-order valence-corrected chi connectivity index (χ0v) is 21.2. The summed E-state index contributed by atoms with van der Waals surface area (Å²) in [7, 11) is -3.55. The molecule has 1 heterocycles. The summed E-state index contributed by atoms with van der Waals surface area (Å²) in [5.41, 5.74) is 0.222. The average Bonchev–Trinajstić information content (AvgIpc) is 3.19. The number of ether oxygens (including phenoxy) is 1. The van der Waals surface area contributed by atoms with Crippen LogP contribution in [0.15, 0.2) is 34.4 Å². The Kier molecular flexibility index (Phi) is 12.8. The second kappa shape index (κ2) is 14.2. The smallest absolute Gasteiger partial charge is 0.242 e. The van der Waals surface area contributed by atoms with Gasteiger partial charge in [0.2, 0.25) is 10.0 Å². The number of nitrogens with one attached hydrogen (secondary N) is 3. The molecule has 2 rings (SSSR count). The number of aliphatic imine (C=N–C) groups is 1. The lowest BCUT2D eigenvalue weighted by molar-refractivity contribution is 0.107. The summed E-state index contributed by atoms with van der Waals surface area (Å²) < 4.78 is 32.6. The molecule has 0 aromatic carbocycles. The average molecular weight is 554 g/mol. The van der Waals surface area contributed by atoms with Crippen molar-refractivity contribution in [3.05, 3.63) is 24.5 Å². The Morgan fingerprint density at radius 1 is 1.23 bits per heavy atom. The molecule has 0 atom stereocenters. The van der Waals surface area contributed by atoms with Crippen molar-refractivity contribution < 1.29 is 13.2 Å². The third-order valence-electron chi connectivity index (χ3n) is 5.22. The molecule has 1 aromatic heterocycles. The molecule has 10 heteroatoms. The standard InChI is InChI=1S/C20H35N5O3S.HI/c1-3-22-19(24-17-20(9-5-6-10-20)11-15-28-4-2)23-13-14-25-29(26,27)18-8-7-12-21-16-18;/h7-8,12,16,25H,3-6,9-11,13-15,17H2,1-2H3,(H2,22,23,24);1H. The van der Waals surface area contributed by atoms with Crippen molar-refractivity contribution in [2.45, 2.75) is 50.8 Å². The van der Waals surface area contributed by atoms with Gasteiger partial charge in [-0.3, -0.25) is 9.98 Å². The summed E-state index contributed by atoms with van der Waals surface area (Å²) in [5.74, 6) is 0.718. The van der Waals surface area contributed by atoms with Gasteiger partial charge in [0, 0.05) is 51.8 Å². The first-order chi connectivity index (χ1) is 14.0. The van der Waals surface area contributed by atoms with Gasteiger partial charge >= 0.3 is 0 Å². The molecule has 30 heavy (non-hydrogen) atoms. The van der Waals surface area contributed by atoms with Gasteiger partial charge in [0.1, 0.15) is 4.90 Å². The van der Waals surface area contributed by atoms with E-state index in [9.17, 15) is 8.42 Å². The predicted molar refractivity (Wildman–Crippen MR) is 131 cm³/mol. The van der Waals surface area contributed by atoms with Gasteiger partial charge in [-0.1, -0.05) is 12.8 Å². The van der Waals surface area contributed by atoms with E-state index in [-0.39, 0.29) is 40.8 Å². The number of guanidine groups is 1. The van der Waals surface area contributed by atoms with Crippen molar-refractivity contribution in [3.63, 3.8) is 0 Å². The van der Waals surface area contributed by atoms with Gasteiger partial charge in [0.15, 0.2) is 5.96 Å². The van der Waals surface area contributed by atoms with Crippen LogP contribution < -0.4 is 15.4 Å². The van der Waals surface area contributed by atoms with Gasteiger partial charge in [-0.05, 0) is 50.7 Å². The summed E-state index contributed by atoms with van der Waals surface area (Å²) in [6, 6.07) is 3.13. The number of nitrogens with zero attached hydrogens (tertiary/aromatic N) is 2. The van der Waals surface area contributed by atoms with Crippen LogP contribution >= 0.6 is 24.0 Å². The van der Waals surface area contributed by atoms with Crippen LogP contribution in [0.5, 0.6) is 0 Å². The van der Waals surface area contributed by atoms with Crippen LogP contribution in [0.3, 0.4) is 0 Å². The first-order valence-electron chi connectivity index (χ1n) is 10.5. The van der Waals surface area contributed by atoms with E-state index in [0.717, 1.165) is 38.7 Å². The Morgan fingerprint density at radius 2 is 2.00 bits per heavy atom. The molecule has 0 spiro atoms. The van der Waals surface area contributed by atoms with Gasteiger partial charge in [-0.25, -0.2) is 13.1 Å². The van der Waals surface area contributed by atoms with E-state index in [4.69, 9.17) is 9.73 Å². The molecule has 0 bridgehead atoms. The minimum Gasteiger partial charge on any atom is -0.382 e. The van der Waals surface area contributed by atoms with E-state index in [1.165, 1.54) is 37.9 Å². The summed E-state index contributed by atoms with van der Waals surface area (Å²) in [4.78, 5) is 8.81. The lowest BCUT2D eigenvalue weighted by Gasteiger charge is -2.27. The van der Waals surface area contributed by atoms with Gasteiger partial charge in [-0.2, -0.15) is 0 Å². The maximum absolute atomic E-state index is 12.2. The molecule has 0 aliphatic heterocycles. The normalized spacial score (nSPS) is 16.1. The Balaban J connectivity index is 0.00000450. The van der Waals surface area contributed by atoms with Gasteiger partial charge in [-0.15, -0.1) is 24.0 Å². The number of pyridine rings is 1. The van der Waals surface area contributed by atoms with Gasteiger partial charge < -0.3 is 15.4 Å². The largest absolute Gasteiger partial charge is 0.382 e. The number of halogens is 1. The first-order valence-corrected chi connectivity index (χ1v) is 12.0. The lowest BCUT2D eigenvalue weighted by Crippen LogP contribution is -2.42. The topological polar surface area (TPSA) is 105 Å². The van der Waals surface area contributed by atoms with Crippen molar-refractivity contribution in [3.8, 4) is 0 Å². The minimum atomic E-state index is -3.55. The van der Waals surface area contributed by atoms with E-state index in [1.54, 1.807) is 12.3 Å². The monoisotopic (exact) mass is 553 g/mol. The highest BCUT2D eigenvalue weighted by Gasteiger charge is 2.33. The third kappa shape index (κ3) is 9.03. The molecule has 0 radical (unpaired) electrons. The molecule has 1 aliphatic carbocycles. The maximum atomic E-state index is 12.2. The Labute approximate surface area is 198 Å². The number of rotatable bonds is 12. The van der Waals surface area contributed by atoms with E-state index in [2.05, 4.69) is 20.3 Å². The first kappa shape index (κ1) is 27.1. The summed E-state index contributed by atoms with van der Waals surface area (Å²) in [6.07, 6.45) is 8.80. The van der Waals surface area contributed by atoms with Gasteiger partial charge in [0.25, 0.3) is 0 Å². The minimum absolute atomic E-state index is 0. The number of hydrogen-bond donors (Lipinski definition) is 3. The number of sulfonamides is 1. The molecular formula is C20H36IN5O3S. The van der Waals surface area contributed by atoms with E-state index >= 15 is 0 Å². The summed E-state index contributed by atoms with van der Waals surface area (Å²) in [6.45, 7) is 7.78. The Hall–Kier alpha value is -0.980. The highest BCUT2D eigenvalue weighted by Crippen LogP contribution is 2.41. The molecule has 1 fully saturated rings. The molecule has 0 amide bonds. The van der Waals surface area contributed by atoms with Crippen molar-refractivity contribution in [1.82, 2.24) is 20.3 Å². The molecule has 3 N–H and O–H groups in total. The van der Waals surface area contributed by atoms with E-state index in [1.807, 2.05) is 13.8 Å². The molecule has 1 saturated carbocycles. The maximum Gasteiger partial charge on any atom is 0.242 e. The Bertz CT molecular complexity index is 725. The highest BCUT2D eigenvalue weighted by molar-refractivity contribution is 14.0. The number of hydrogen-bond acceptors (Lipinski definition) is 5. The molecule has 0 saturated heterocycles. The second-order valence-corrected chi connectivity index (χ2v) is 9.13. The summed E-state index contributed by atoms with van der Waals surface area (Å²) in [5, 5.41) is 6.46. The van der Waals surface area contributed by atoms with E-state index in [0.29, 0.717) is 6.54 Å². The SMILES string of the molecule is CCNC(=NCC1(CCOCC)CCCC1)NCCNS(=O)(=O)c1cccnc1.I. The van der Waals surface area contributed by atoms with Crippen molar-refractivity contribution in [2.75, 3.05) is 39.4 Å². The predicted octanol–water partition coefficient (Wildman–Crippen LogP) is 2.52. The zero-order valence-electron chi connectivity index (χ0n) is 18.0. The van der Waals surface area contributed by atoms with Gasteiger partial charge in [0.05, 0.1) is 0 Å². The zero-order chi connectivity index (χ0) is 21.0. The second-order valence-electron chi connectivity index (χ2n) is 7.36. The molecular weight excluding hydrogens is 517 g/mol.